The first-order valence-corrected chi connectivity index (χ1v) is 8.12. The van der Waals surface area contributed by atoms with Gasteiger partial charge in [0.1, 0.15) is 22.7 Å². The number of benzene rings is 2. The Balaban J connectivity index is 1.79. The highest BCUT2D eigenvalue weighted by Crippen LogP contribution is 2.31. The van der Waals surface area contributed by atoms with Crippen LogP contribution in [0.15, 0.2) is 22.6 Å². The molecule has 11 heteroatoms. The molecule has 0 aliphatic rings. The number of hydrogen-bond donors (Lipinski definition) is 0. The molecule has 158 valence electrons. The fraction of sp³-hybridized carbons (Fsp3) is 0.158. The molecular formula is C19H11F5O6. The molecule has 0 saturated heterocycles. The van der Waals surface area contributed by atoms with Gasteiger partial charge in [0.2, 0.25) is 29.1 Å². The molecule has 0 N–H and O–H groups in total. The third-order valence-electron chi connectivity index (χ3n) is 3.96. The van der Waals surface area contributed by atoms with Gasteiger partial charge in [-0.2, -0.15) is 8.78 Å². The lowest BCUT2D eigenvalue weighted by molar-refractivity contribution is -0.136. The standard InChI is InChI=1S/C19H11F5O6/c1-7-12(19(26)27-2)9-5-8(3-4-10(9)29-7)30-11(25)6-28-18-16(23)14(21)13(20)15(22)17(18)24/h3-5H,6H2,1-2H3. The molecule has 3 rings (SSSR count). The number of fused-ring (bicyclic) bond motifs is 1. The molecule has 0 fully saturated rings. The van der Waals surface area contributed by atoms with Crippen molar-refractivity contribution in [3.8, 4) is 11.5 Å². The van der Waals surface area contributed by atoms with Gasteiger partial charge in [0.05, 0.1) is 7.11 Å². The fourth-order valence-electron chi connectivity index (χ4n) is 2.62. The van der Waals surface area contributed by atoms with E-state index >= 15 is 0 Å². The summed E-state index contributed by atoms with van der Waals surface area (Å²) in [6.07, 6.45) is 0. The average Bonchev–Trinajstić information content (AvgIpc) is 3.05. The summed E-state index contributed by atoms with van der Waals surface area (Å²) < 4.78 is 85.8. The van der Waals surface area contributed by atoms with Crippen molar-refractivity contribution in [1.82, 2.24) is 0 Å². The van der Waals surface area contributed by atoms with E-state index in [1.54, 1.807) is 0 Å². The molecule has 0 atom stereocenters. The molecule has 0 saturated carbocycles. The molecule has 30 heavy (non-hydrogen) atoms. The Labute approximate surface area is 164 Å². The predicted molar refractivity (Wildman–Crippen MR) is 89.7 cm³/mol. The molecule has 0 spiro atoms. The van der Waals surface area contributed by atoms with Crippen LogP contribution in [-0.2, 0) is 9.53 Å². The minimum atomic E-state index is -2.36. The van der Waals surface area contributed by atoms with Crippen molar-refractivity contribution in [3.63, 3.8) is 0 Å². The summed E-state index contributed by atoms with van der Waals surface area (Å²) in [5.41, 5.74) is 0.397. The SMILES string of the molecule is COC(=O)c1c(C)oc2ccc(OC(=O)COc3c(F)c(F)c(F)c(F)c3F)cc12. The second kappa shape index (κ2) is 8.01. The van der Waals surface area contributed by atoms with Crippen molar-refractivity contribution in [3.05, 3.63) is 58.6 Å². The van der Waals surface area contributed by atoms with Crippen LogP contribution in [0.2, 0.25) is 0 Å². The van der Waals surface area contributed by atoms with E-state index in [4.69, 9.17) is 9.15 Å². The first-order valence-electron chi connectivity index (χ1n) is 8.12. The Bertz CT molecular complexity index is 1140. The molecule has 0 bridgehead atoms. The summed E-state index contributed by atoms with van der Waals surface area (Å²) in [7, 11) is 1.17. The lowest BCUT2D eigenvalue weighted by Crippen LogP contribution is -2.19. The lowest BCUT2D eigenvalue weighted by Gasteiger charge is -2.10. The first-order chi connectivity index (χ1) is 14.1. The van der Waals surface area contributed by atoms with Gasteiger partial charge in [-0.15, -0.1) is 0 Å². The van der Waals surface area contributed by atoms with Crippen LogP contribution in [-0.4, -0.2) is 25.7 Å². The number of hydrogen-bond acceptors (Lipinski definition) is 6. The Morgan fingerprint density at radius 2 is 1.57 bits per heavy atom. The highest BCUT2D eigenvalue weighted by atomic mass is 19.2. The molecule has 0 aliphatic heterocycles. The van der Waals surface area contributed by atoms with Crippen LogP contribution in [0.4, 0.5) is 22.0 Å². The molecular weight excluding hydrogens is 419 g/mol. The van der Waals surface area contributed by atoms with Crippen LogP contribution in [0.25, 0.3) is 11.0 Å². The highest BCUT2D eigenvalue weighted by Gasteiger charge is 2.27. The van der Waals surface area contributed by atoms with Crippen molar-refractivity contribution in [2.24, 2.45) is 0 Å². The quantitative estimate of drug-likeness (QED) is 0.199. The number of esters is 2. The maximum atomic E-state index is 13.6. The van der Waals surface area contributed by atoms with Gasteiger partial charge < -0.3 is 18.6 Å². The third-order valence-corrected chi connectivity index (χ3v) is 3.96. The van der Waals surface area contributed by atoms with Crippen molar-refractivity contribution < 1.29 is 50.2 Å². The predicted octanol–water partition coefficient (Wildman–Crippen LogP) is 4.21. The zero-order valence-corrected chi connectivity index (χ0v) is 15.3. The Morgan fingerprint density at radius 3 is 2.17 bits per heavy atom. The number of methoxy groups -OCH3 is 1. The van der Waals surface area contributed by atoms with Crippen molar-refractivity contribution in [2.75, 3.05) is 13.7 Å². The van der Waals surface area contributed by atoms with Crippen LogP contribution in [0.1, 0.15) is 16.1 Å². The van der Waals surface area contributed by atoms with Gasteiger partial charge in [0.15, 0.2) is 12.4 Å². The molecule has 0 unspecified atom stereocenters. The highest BCUT2D eigenvalue weighted by molar-refractivity contribution is 6.04. The lowest BCUT2D eigenvalue weighted by atomic mass is 10.1. The number of carbonyl (C=O) groups excluding carboxylic acids is 2. The number of carbonyl (C=O) groups is 2. The fourth-order valence-corrected chi connectivity index (χ4v) is 2.62. The zero-order valence-electron chi connectivity index (χ0n) is 15.3. The minimum Gasteiger partial charge on any atom is -0.476 e. The summed E-state index contributed by atoms with van der Waals surface area (Å²) in [4.78, 5) is 23.8. The van der Waals surface area contributed by atoms with Crippen molar-refractivity contribution >= 4 is 22.9 Å². The number of rotatable bonds is 5. The largest absolute Gasteiger partial charge is 0.476 e. The Hall–Kier alpha value is -3.63. The van der Waals surface area contributed by atoms with Crippen LogP contribution < -0.4 is 9.47 Å². The van der Waals surface area contributed by atoms with Crippen LogP contribution in [0, 0.1) is 36.0 Å². The molecule has 1 aromatic heterocycles. The van der Waals surface area contributed by atoms with Gasteiger partial charge in [-0.05, 0) is 25.1 Å². The summed E-state index contributed by atoms with van der Waals surface area (Å²) in [5, 5.41) is 0.269. The maximum Gasteiger partial charge on any atom is 0.349 e. The summed E-state index contributed by atoms with van der Waals surface area (Å²) in [6, 6.07) is 3.96. The Kier molecular flexibility index (Phi) is 5.63. The molecule has 3 aromatic rings. The van der Waals surface area contributed by atoms with E-state index < -0.39 is 53.4 Å². The smallest absolute Gasteiger partial charge is 0.349 e. The number of halogens is 5. The second-order valence-electron chi connectivity index (χ2n) is 5.84. The van der Waals surface area contributed by atoms with Crippen LogP contribution >= 0.6 is 0 Å². The van der Waals surface area contributed by atoms with Gasteiger partial charge in [0.25, 0.3) is 0 Å². The molecule has 2 aromatic carbocycles. The van der Waals surface area contributed by atoms with Gasteiger partial charge in [-0.3, -0.25) is 0 Å². The average molecular weight is 430 g/mol. The maximum absolute atomic E-state index is 13.6. The number of furan rings is 1. The normalized spacial score (nSPS) is 10.9. The minimum absolute atomic E-state index is 0.0977. The van der Waals surface area contributed by atoms with E-state index in [0.717, 1.165) is 0 Å². The van der Waals surface area contributed by atoms with Crippen molar-refractivity contribution in [2.45, 2.75) is 6.92 Å². The Morgan fingerprint density at radius 1 is 0.967 bits per heavy atom. The summed E-state index contributed by atoms with van der Waals surface area (Å²) in [6.45, 7) is 0.362. The van der Waals surface area contributed by atoms with Gasteiger partial charge in [0, 0.05) is 5.39 Å². The zero-order chi connectivity index (χ0) is 22.2. The van der Waals surface area contributed by atoms with Gasteiger partial charge in [-0.25, -0.2) is 22.8 Å². The van der Waals surface area contributed by atoms with Gasteiger partial charge >= 0.3 is 11.9 Å². The van der Waals surface area contributed by atoms with E-state index in [2.05, 4.69) is 9.47 Å². The topological polar surface area (TPSA) is 75.0 Å². The van der Waals surface area contributed by atoms with Gasteiger partial charge in [-0.1, -0.05) is 0 Å². The summed E-state index contributed by atoms with van der Waals surface area (Å²) in [5.74, 6) is -14.6. The van der Waals surface area contributed by atoms with E-state index in [9.17, 15) is 31.5 Å². The van der Waals surface area contributed by atoms with E-state index in [0.29, 0.717) is 5.58 Å². The van der Waals surface area contributed by atoms with E-state index in [1.807, 2.05) is 0 Å². The molecule has 1 heterocycles. The molecule has 0 aliphatic carbocycles. The molecule has 0 amide bonds. The number of ether oxygens (including phenoxy) is 3. The van der Waals surface area contributed by atoms with Crippen LogP contribution in [0.3, 0.4) is 0 Å². The molecule has 0 radical (unpaired) electrons. The number of aryl methyl sites for hydroxylation is 1. The molecule has 6 nitrogen and oxygen atoms in total. The first kappa shape index (κ1) is 21.1. The summed E-state index contributed by atoms with van der Waals surface area (Å²) >= 11 is 0. The van der Waals surface area contributed by atoms with E-state index in [-0.39, 0.29) is 22.5 Å². The second-order valence-corrected chi connectivity index (χ2v) is 5.84. The third kappa shape index (κ3) is 3.65. The van der Waals surface area contributed by atoms with Crippen molar-refractivity contribution in [1.29, 1.82) is 0 Å². The monoisotopic (exact) mass is 430 g/mol. The van der Waals surface area contributed by atoms with E-state index in [1.165, 1.54) is 32.2 Å². The van der Waals surface area contributed by atoms with Crippen LogP contribution in [0.5, 0.6) is 11.5 Å².